The van der Waals surface area contributed by atoms with Gasteiger partial charge in [-0.2, -0.15) is 13.2 Å². The van der Waals surface area contributed by atoms with Crippen LogP contribution in [0.5, 0.6) is 0 Å². The number of rotatable bonds is 3. The van der Waals surface area contributed by atoms with E-state index in [0.29, 0.717) is 11.4 Å². The third-order valence-electron chi connectivity index (χ3n) is 2.12. The van der Waals surface area contributed by atoms with Crippen LogP contribution < -0.4 is 0 Å². The minimum absolute atomic E-state index is 0.00282. The number of aromatic nitrogens is 2. The Bertz CT molecular complexity index is 552. The highest BCUT2D eigenvalue weighted by Crippen LogP contribution is 2.38. The van der Waals surface area contributed by atoms with Crippen LogP contribution in [0.3, 0.4) is 0 Å². The summed E-state index contributed by atoms with van der Waals surface area (Å²) in [6.45, 7) is 0. The van der Waals surface area contributed by atoms with Crippen LogP contribution in [0.15, 0.2) is 40.6 Å². The fourth-order valence-corrected chi connectivity index (χ4v) is 2.21. The van der Waals surface area contributed by atoms with Crippen LogP contribution in [0.25, 0.3) is 0 Å². The SMILES string of the molecule is O=Cc1ccc(Sc2ncc[nH]2)c(C(F)(F)F)c1. The van der Waals surface area contributed by atoms with Crippen molar-refractivity contribution in [3.8, 4) is 0 Å². The summed E-state index contributed by atoms with van der Waals surface area (Å²) in [7, 11) is 0. The summed E-state index contributed by atoms with van der Waals surface area (Å²) in [5.41, 5.74) is -0.848. The van der Waals surface area contributed by atoms with Gasteiger partial charge in [0.15, 0.2) is 5.16 Å². The molecule has 0 saturated carbocycles. The van der Waals surface area contributed by atoms with E-state index in [4.69, 9.17) is 0 Å². The van der Waals surface area contributed by atoms with Crippen LogP contribution in [0.1, 0.15) is 15.9 Å². The van der Waals surface area contributed by atoms with E-state index >= 15 is 0 Å². The van der Waals surface area contributed by atoms with Gasteiger partial charge in [-0.3, -0.25) is 4.79 Å². The highest BCUT2D eigenvalue weighted by atomic mass is 32.2. The predicted octanol–water partition coefficient (Wildman–Crippen LogP) is 3.39. The third kappa shape index (κ3) is 2.73. The van der Waals surface area contributed by atoms with Crippen LogP contribution in [-0.4, -0.2) is 16.3 Å². The Morgan fingerprint density at radius 1 is 1.33 bits per heavy atom. The molecular weight excluding hydrogens is 265 g/mol. The first-order valence-corrected chi connectivity index (χ1v) is 5.66. The molecule has 18 heavy (non-hydrogen) atoms. The average molecular weight is 272 g/mol. The Balaban J connectivity index is 2.43. The van der Waals surface area contributed by atoms with Gasteiger partial charge < -0.3 is 4.98 Å². The second kappa shape index (κ2) is 4.85. The van der Waals surface area contributed by atoms with E-state index in [2.05, 4.69) is 9.97 Å². The van der Waals surface area contributed by atoms with Crippen molar-refractivity contribution in [2.24, 2.45) is 0 Å². The number of benzene rings is 1. The Kier molecular flexibility index (Phi) is 3.42. The second-order valence-electron chi connectivity index (χ2n) is 3.37. The van der Waals surface area contributed by atoms with Crippen LogP contribution in [0.2, 0.25) is 0 Å². The third-order valence-corrected chi connectivity index (χ3v) is 3.12. The fraction of sp³-hybridized carbons (Fsp3) is 0.0909. The number of hydrogen-bond donors (Lipinski definition) is 1. The molecule has 1 aromatic heterocycles. The lowest BCUT2D eigenvalue weighted by molar-refractivity contribution is -0.139. The molecule has 1 aromatic carbocycles. The molecule has 94 valence electrons. The van der Waals surface area contributed by atoms with Gasteiger partial charge in [0.2, 0.25) is 0 Å². The van der Waals surface area contributed by atoms with E-state index in [9.17, 15) is 18.0 Å². The summed E-state index contributed by atoms with van der Waals surface area (Å²) in [4.78, 5) is 17.1. The molecule has 0 aliphatic heterocycles. The fourth-order valence-electron chi connectivity index (χ4n) is 1.34. The highest BCUT2D eigenvalue weighted by Gasteiger charge is 2.34. The highest BCUT2D eigenvalue weighted by molar-refractivity contribution is 7.99. The zero-order valence-corrected chi connectivity index (χ0v) is 9.68. The summed E-state index contributed by atoms with van der Waals surface area (Å²) in [5.74, 6) is 0. The van der Waals surface area contributed by atoms with Crippen molar-refractivity contribution in [1.29, 1.82) is 0 Å². The standard InChI is InChI=1S/C11H7F3N2OS/c12-11(13,14)8-5-7(6-17)1-2-9(8)18-10-15-3-4-16-10/h1-6H,(H,15,16). The normalized spacial score (nSPS) is 11.5. The van der Waals surface area contributed by atoms with Gasteiger partial charge in [0.1, 0.15) is 6.29 Å². The molecular formula is C11H7F3N2OS. The molecule has 0 saturated heterocycles. The molecule has 2 rings (SSSR count). The first-order chi connectivity index (χ1) is 8.50. The first-order valence-electron chi connectivity index (χ1n) is 4.84. The molecule has 3 nitrogen and oxygen atoms in total. The minimum Gasteiger partial charge on any atom is -0.339 e. The Labute approximate surface area is 104 Å². The van der Waals surface area contributed by atoms with Crippen molar-refractivity contribution in [1.82, 2.24) is 9.97 Å². The lowest BCUT2D eigenvalue weighted by Gasteiger charge is -2.11. The van der Waals surface area contributed by atoms with Gasteiger partial charge in [-0.1, -0.05) is 17.8 Å². The van der Waals surface area contributed by atoms with E-state index in [1.807, 2.05) is 0 Å². The van der Waals surface area contributed by atoms with Gasteiger partial charge in [0, 0.05) is 22.9 Å². The monoisotopic (exact) mass is 272 g/mol. The number of aldehydes is 1. The number of hydrogen-bond acceptors (Lipinski definition) is 3. The summed E-state index contributed by atoms with van der Waals surface area (Å²) >= 11 is 0.864. The molecule has 0 aliphatic carbocycles. The molecule has 0 atom stereocenters. The quantitative estimate of drug-likeness (QED) is 0.871. The van der Waals surface area contributed by atoms with Gasteiger partial charge >= 0.3 is 6.18 Å². The number of nitrogens with zero attached hydrogens (tertiary/aromatic N) is 1. The van der Waals surface area contributed by atoms with E-state index in [-0.39, 0.29) is 10.5 Å². The summed E-state index contributed by atoms with van der Waals surface area (Å²) in [6.07, 6.45) is -1.14. The minimum atomic E-state index is -4.51. The number of carbonyl (C=O) groups is 1. The molecule has 0 aliphatic rings. The smallest absolute Gasteiger partial charge is 0.339 e. The summed E-state index contributed by atoms with van der Waals surface area (Å²) in [6, 6.07) is 3.44. The van der Waals surface area contributed by atoms with Gasteiger partial charge in [0.05, 0.1) is 5.56 Å². The molecule has 1 heterocycles. The van der Waals surface area contributed by atoms with Gasteiger partial charge in [-0.25, -0.2) is 4.98 Å². The zero-order chi connectivity index (χ0) is 13.2. The lowest BCUT2D eigenvalue weighted by Crippen LogP contribution is -2.07. The van der Waals surface area contributed by atoms with Crippen LogP contribution >= 0.6 is 11.8 Å². The molecule has 2 aromatic rings. The van der Waals surface area contributed by atoms with E-state index < -0.39 is 11.7 Å². The van der Waals surface area contributed by atoms with Crippen LogP contribution in [0.4, 0.5) is 13.2 Å². The van der Waals surface area contributed by atoms with E-state index in [0.717, 1.165) is 17.8 Å². The second-order valence-corrected chi connectivity index (χ2v) is 4.40. The predicted molar refractivity (Wildman–Crippen MR) is 59.5 cm³/mol. The van der Waals surface area contributed by atoms with Crippen molar-refractivity contribution in [3.63, 3.8) is 0 Å². The molecule has 0 radical (unpaired) electrons. The largest absolute Gasteiger partial charge is 0.417 e. The number of nitrogens with one attached hydrogen (secondary N) is 1. The van der Waals surface area contributed by atoms with Gasteiger partial charge in [-0.05, 0) is 12.1 Å². The molecule has 7 heteroatoms. The topological polar surface area (TPSA) is 45.8 Å². The number of imidazole rings is 1. The van der Waals surface area contributed by atoms with Crippen molar-refractivity contribution >= 4 is 18.0 Å². The number of H-pyrrole nitrogens is 1. The lowest BCUT2D eigenvalue weighted by atomic mass is 10.1. The van der Waals surface area contributed by atoms with Crippen LogP contribution in [-0.2, 0) is 6.18 Å². The van der Waals surface area contributed by atoms with Crippen molar-refractivity contribution in [3.05, 3.63) is 41.7 Å². The number of halogens is 3. The van der Waals surface area contributed by atoms with E-state index in [1.54, 1.807) is 0 Å². The Morgan fingerprint density at radius 2 is 2.11 bits per heavy atom. The van der Waals surface area contributed by atoms with Crippen molar-refractivity contribution in [2.45, 2.75) is 16.2 Å². The maximum absolute atomic E-state index is 12.8. The number of aromatic amines is 1. The Hall–Kier alpha value is -1.76. The number of carbonyl (C=O) groups excluding carboxylic acids is 1. The van der Waals surface area contributed by atoms with Crippen molar-refractivity contribution < 1.29 is 18.0 Å². The van der Waals surface area contributed by atoms with E-state index in [1.165, 1.54) is 24.5 Å². The molecule has 0 spiro atoms. The average Bonchev–Trinajstić information content (AvgIpc) is 2.81. The number of alkyl halides is 3. The summed E-state index contributed by atoms with van der Waals surface area (Å²) in [5, 5.41) is 0.361. The zero-order valence-electron chi connectivity index (χ0n) is 8.86. The molecule has 0 fully saturated rings. The molecule has 0 amide bonds. The maximum atomic E-state index is 12.8. The van der Waals surface area contributed by atoms with Crippen molar-refractivity contribution in [2.75, 3.05) is 0 Å². The molecule has 0 unspecified atom stereocenters. The van der Waals surface area contributed by atoms with Gasteiger partial charge in [0.25, 0.3) is 0 Å². The van der Waals surface area contributed by atoms with Gasteiger partial charge in [-0.15, -0.1) is 0 Å². The molecule has 0 bridgehead atoms. The first kappa shape index (κ1) is 12.7. The van der Waals surface area contributed by atoms with Crippen LogP contribution in [0, 0.1) is 0 Å². The Morgan fingerprint density at radius 3 is 2.67 bits per heavy atom. The maximum Gasteiger partial charge on any atom is 0.417 e. The summed E-state index contributed by atoms with van der Waals surface area (Å²) < 4.78 is 38.5. The molecule has 1 N–H and O–H groups in total.